The number of para-hydroxylation sites is 1. The summed E-state index contributed by atoms with van der Waals surface area (Å²) in [7, 11) is 0. The average molecular weight is 400 g/mol. The van der Waals surface area contributed by atoms with Crippen LogP contribution in [0.15, 0.2) is 53.4 Å². The van der Waals surface area contributed by atoms with Crippen LogP contribution in [0.4, 0.5) is 5.69 Å². The van der Waals surface area contributed by atoms with Gasteiger partial charge in [-0.2, -0.15) is 4.80 Å². The summed E-state index contributed by atoms with van der Waals surface area (Å²) < 4.78 is 0. The van der Waals surface area contributed by atoms with E-state index in [1.165, 1.54) is 4.80 Å². The normalized spacial score (nSPS) is 16.7. The van der Waals surface area contributed by atoms with Gasteiger partial charge in [0.25, 0.3) is 5.91 Å². The van der Waals surface area contributed by atoms with Gasteiger partial charge in [0, 0.05) is 27.3 Å². The molecule has 0 fully saturated rings. The molecule has 8 heteroatoms. The second-order valence-corrected chi connectivity index (χ2v) is 8.30. The molecule has 0 spiro atoms. The van der Waals surface area contributed by atoms with Crippen LogP contribution >= 0.6 is 23.4 Å². The number of thioether (sulfide) groups is 1. The standard InChI is InChI=1S/C19H18ClN5OS/c1-13-9-10-24(16-7-2-3-8-17(16)27-13)18(26)12-25-22-19(21-23-25)14-5-4-6-15(20)11-14/h2-8,11,13H,9-10,12H2,1H3/t13-/m1/s1. The molecule has 138 valence electrons. The highest BCUT2D eigenvalue weighted by Crippen LogP contribution is 2.37. The van der Waals surface area contributed by atoms with E-state index in [0.29, 0.717) is 22.6 Å². The third-order valence-electron chi connectivity index (χ3n) is 4.36. The second-order valence-electron chi connectivity index (χ2n) is 6.38. The molecule has 0 aliphatic carbocycles. The van der Waals surface area contributed by atoms with Crippen molar-refractivity contribution in [3.05, 3.63) is 53.6 Å². The lowest BCUT2D eigenvalue weighted by Gasteiger charge is -2.22. The molecule has 0 unspecified atom stereocenters. The van der Waals surface area contributed by atoms with Crippen molar-refractivity contribution in [3.8, 4) is 11.4 Å². The number of hydrogen-bond donors (Lipinski definition) is 0. The van der Waals surface area contributed by atoms with Gasteiger partial charge >= 0.3 is 0 Å². The van der Waals surface area contributed by atoms with Crippen LogP contribution in [0.3, 0.4) is 0 Å². The van der Waals surface area contributed by atoms with Crippen LogP contribution in [0, 0.1) is 0 Å². The first kappa shape index (κ1) is 18.0. The van der Waals surface area contributed by atoms with Gasteiger partial charge in [-0.15, -0.1) is 22.0 Å². The predicted octanol–water partition coefficient (Wildman–Crippen LogP) is 3.91. The first-order valence-corrected chi connectivity index (χ1v) is 9.96. The van der Waals surface area contributed by atoms with Gasteiger partial charge in [-0.1, -0.05) is 42.8 Å². The quantitative estimate of drug-likeness (QED) is 0.668. The summed E-state index contributed by atoms with van der Waals surface area (Å²) in [5, 5.41) is 13.5. The van der Waals surface area contributed by atoms with E-state index in [1.54, 1.807) is 23.9 Å². The Hall–Kier alpha value is -2.38. The van der Waals surface area contributed by atoms with Crippen molar-refractivity contribution < 1.29 is 4.79 Å². The average Bonchev–Trinajstić information content (AvgIpc) is 3.04. The molecule has 0 bridgehead atoms. The number of benzene rings is 2. The third kappa shape index (κ3) is 3.99. The molecule has 6 nitrogen and oxygen atoms in total. The molecule has 2 aromatic carbocycles. The molecule has 0 N–H and O–H groups in total. The maximum atomic E-state index is 13.0. The number of carbonyl (C=O) groups is 1. The molecular weight excluding hydrogens is 382 g/mol. The van der Waals surface area contributed by atoms with Gasteiger partial charge in [0.15, 0.2) is 0 Å². The number of anilines is 1. The van der Waals surface area contributed by atoms with Gasteiger partial charge in [-0.25, -0.2) is 0 Å². The van der Waals surface area contributed by atoms with Gasteiger partial charge in [-0.05, 0) is 35.9 Å². The van der Waals surface area contributed by atoms with E-state index in [9.17, 15) is 4.79 Å². The molecule has 27 heavy (non-hydrogen) atoms. The highest BCUT2D eigenvalue weighted by Gasteiger charge is 2.24. The molecule has 0 radical (unpaired) electrons. The topological polar surface area (TPSA) is 63.9 Å². The van der Waals surface area contributed by atoms with E-state index in [-0.39, 0.29) is 12.5 Å². The minimum absolute atomic E-state index is 0.0426. The molecule has 1 atom stereocenters. The number of fused-ring (bicyclic) bond motifs is 1. The van der Waals surface area contributed by atoms with Crippen molar-refractivity contribution in [2.75, 3.05) is 11.4 Å². The summed E-state index contributed by atoms with van der Waals surface area (Å²) in [6.45, 7) is 2.91. The maximum Gasteiger partial charge on any atom is 0.250 e. The Morgan fingerprint density at radius 1 is 1.26 bits per heavy atom. The van der Waals surface area contributed by atoms with Crippen molar-refractivity contribution in [3.63, 3.8) is 0 Å². The fraction of sp³-hybridized carbons (Fsp3) is 0.263. The van der Waals surface area contributed by atoms with Crippen molar-refractivity contribution in [2.24, 2.45) is 0 Å². The summed E-state index contributed by atoms with van der Waals surface area (Å²) in [6, 6.07) is 15.3. The van der Waals surface area contributed by atoms with E-state index in [0.717, 1.165) is 22.6 Å². The number of hydrogen-bond acceptors (Lipinski definition) is 5. The molecule has 1 amide bonds. The second kappa shape index (κ2) is 7.70. The molecule has 3 aromatic rings. The van der Waals surface area contributed by atoms with Crippen LogP contribution in [-0.2, 0) is 11.3 Å². The lowest BCUT2D eigenvalue weighted by Crippen LogP contribution is -2.35. The summed E-state index contributed by atoms with van der Waals surface area (Å²) >= 11 is 7.82. The number of rotatable bonds is 3. The molecular formula is C19H18ClN5OS. The van der Waals surface area contributed by atoms with Crippen LogP contribution in [0.25, 0.3) is 11.4 Å². The first-order valence-electron chi connectivity index (χ1n) is 8.70. The molecule has 4 rings (SSSR count). The zero-order valence-electron chi connectivity index (χ0n) is 14.7. The van der Waals surface area contributed by atoms with Crippen molar-refractivity contribution in [1.29, 1.82) is 0 Å². The van der Waals surface area contributed by atoms with Gasteiger partial charge in [0.1, 0.15) is 6.54 Å². The van der Waals surface area contributed by atoms with E-state index < -0.39 is 0 Å². The summed E-state index contributed by atoms with van der Waals surface area (Å²) in [6.07, 6.45) is 0.934. The van der Waals surface area contributed by atoms with E-state index >= 15 is 0 Å². The van der Waals surface area contributed by atoms with Crippen LogP contribution in [0.1, 0.15) is 13.3 Å². The number of amides is 1. The lowest BCUT2D eigenvalue weighted by molar-refractivity contribution is -0.119. The fourth-order valence-electron chi connectivity index (χ4n) is 3.01. The van der Waals surface area contributed by atoms with Crippen LogP contribution in [0.2, 0.25) is 5.02 Å². The van der Waals surface area contributed by atoms with Crippen molar-refractivity contribution in [1.82, 2.24) is 20.2 Å². The molecule has 1 aliphatic rings. The molecule has 0 saturated carbocycles. The van der Waals surface area contributed by atoms with Crippen LogP contribution in [-0.4, -0.2) is 37.9 Å². The van der Waals surface area contributed by atoms with Gasteiger partial charge in [-0.3, -0.25) is 4.79 Å². The van der Waals surface area contributed by atoms with E-state index in [2.05, 4.69) is 28.4 Å². The highest BCUT2D eigenvalue weighted by molar-refractivity contribution is 8.00. The van der Waals surface area contributed by atoms with E-state index in [4.69, 9.17) is 11.6 Å². The molecule has 0 saturated heterocycles. The Labute approximate surface area is 166 Å². The smallest absolute Gasteiger partial charge is 0.250 e. The zero-order chi connectivity index (χ0) is 18.8. The summed E-state index contributed by atoms with van der Waals surface area (Å²) in [4.78, 5) is 17.2. The monoisotopic (exact) mass is 399 g/mol. The SMILES string of the molecule is C[C@@H]1CCN(C(=O)Cn2nnc(-c3cccc(Cl)c3)n2)c2ccccc2S1. The predicted molar refractivity (Wildman–Crippen MR) is 107 cm³/mol. The highest BCUT2D eigenvalue weighted by atomic mass is 35.5. The van der Waals surface area contributed by atoms with Crippen LogP contribution in [0.5, 0.6) is 0 Å². The van der Waals surface area contributed by atoms with Crippen LogP contribution < -0.4 is 4.90 Å². The summed E-state index contributed by atoms with van der Waals surface area (Å²) in [5.41, 5.74) is 1.72. The van der Waals surface area contributed by atoms with Crippen molar-refractivity contribution in [2.45, 2.75) is 30.0 Å². The largest absolute Gasteiger partial charge is 0.310 e. The molecule has 1 aromatic heterocycles. The Morgan fingerprint density at radius 3 is 2.96 bits per heavy atom. The number of nitrogens with zero attached hydrogens (tertiary/aromatic N) is 5. The molecule has 2 heterocycles. The van der Waals surface area contributed by atoms with Gasteiger partial charge in [0.05, 0.1) is 5.69 Å². The maximum absolute atomic E-state index is 13.0. The fourth-order valence-corrected chi connectivity index (χ4v) is 4.31. The van der Waals surface area contributed by atoms with E-state index in [1.807, 2.05) is 35.2 Å². The Balaban J connectivity index is 1.55. The number of tetrazole rings is 1. The number of halogens is 1. The summed E-state index contributed by atoms with van der Waals surface area (Å²) in [5.74, 6) is 0.401. The number of carbonyl (C=O) groups excluding carboxylic acids is 1. The third-order valence-corrected chi connectivity index (χ3v) is 5.83. The molecule has 1 aliphatic heterocycles. The number of aromatic nitrogens is 4. The van der Waals surface area contributed by atoms with Gasteiger partial charge in [0.2, 0.25) is 5.82 Å². The zero-order valence-corrected chi connectivity index (χ0v) is 16.3. The minimum atomic E-state index is -0.0489. The first-order chi connectivity index (χ1) is 13.1. The van der Waals surface area contributed by atoms with Gasteiger partial charge < -0.3 is 4.90 Å². The Bertz CT molecular complexity index is 976. The minimum Gasteiger partial charge on any atom is -0.310 e. The Kier molecular flexibility index (Phi) is 5.13. The van der Waals surface area contributed by atoms with Crippen molar-refractivity contribution >= 4 is 35.0 Å². The Morgan fingerprint density at radius 2 is 2.11 bits per heavy atom. The lowest BCUT2D eigenvalue weighted by atomic mass is 10.2.